The lowest BCUT2D eigenvalue weighted by atomic mass is 10.0. The van der Waals surface area contributed by atoms with Crippen molar-refractivity contribution in [3.63, 3.8) is 0 Å². The van der Waals surface area contributed by atoms with Crippen LogP contribution in [0.1, 0.15) is 5.56 Å². The normalized spacial score (nSPS) is 10.3. The predicted octanol–water partition coefficient (Wildman–Crippen LogP) is 2.39. The number of pyridine rings is 1. The Morgan fingerprint density at radius 1 is 1.29 bits per heavy atom. The molecule has 88 valence electrons. The number of benzene rings is 1. The highest BCUT2D eigenvalue weighted by Crippen LogP contribution is 2.25. The topological polar surface area (TPSA) is 42.4 Å². The Kier molecular flexibility index (Phi) is 3.35. The summed E-state index contributed by atoms with van der Waals surface area (Å²) >= 11 is 0. The molecule has 2 aromatic rings. The van der Waals surface area contributed by atoms with Crippen molar-refractivity contribution < 1.29 is 14.2 Å². The van der Waals surface area contributed by atoms with Gasteiger partial charge < -0.3 is 9.84 Å². The Morgan fingerprint density at radius 3 is 2.71 bits per heavy atom. The molecule has 17 heavy (non-hydrogen) atoms. The summed E-state index contributed by atoms with van der Waals surface area (Å²) in [4.78, 5) is 4.02. The highest BCUT2D eigenvalue weighted by atomic mass is 19.1. The van der Waals surface area contributed by atoms with E-state index in [9.17, 15) is 4.39 Å². The molecule has 0 aliphatic rings. The van der Waals surface area contributed by atoms with Crippen molar-refractivity contribution >= 4 is 0 Å². The van der Waals surface area contributed by atoms with Crippen LogP contribution in [0.4, 0.5) is 4.39 Å². The first-order valence-electron chi connectivity index (χ1n) is 5.15. The van der Waals surface area contributed by atoms with E-state index in [0.717, 1.165) is 0 Å². The van der Waals surface area contributed by atoms with Gasteiger partial charge in [0.15, 0.2) is 0 Å². The highest BCUT2D eigenvalue weighted by molar-refractivity contribution is 5.64. The minimum atomic E-state index is -0.415. The molecule has 0 saturated carbocycles. The Balaban J connectivity index is 2.45. The summed E-state index contributed by atoms with van der Waals surface area (Å²) < 4.78 is 18.9. The molecule has 0 spiro atoms. The van der Waals surface area contributed by atoms with Gasteiger partial charge in [-0.1, -0.05) is 18.2 Å². The molecular formula is C13H12FNO2. The third-order valence-electron chi connectivity index (χ3n) is 2.51. The fourth-order valence-electron chi connectivity index (χ4n) is 1.59. The van der Waals surface area contributed by atoms with Gasteiger partial charge in [0.25, 0.3) is 0 Å². The van der Waals surface area contributed by atoms with Gasteiger partial charge in [0, 0.05) is 29.0 Å². The minimum absolute atomic E-state index is 0.276. The van der Waals surface area contributed by atoms with Crippen molar-refractivity contribution in [3.05, 3.63) is 47.9 Å². The van der Waals surface area contributed by atoms with Crippen molar-refractivity contribution in [1.29, 1.82) is 0 Å². The van der Waals surface area contributed by atoms with Crippen molar-refractivity contribution in [2.75, 3.05) is 7.11 Å². The van der Waals surface area contributed by atoms with Gasteiger partial charge in [-0.2, -0.15) is 0 Å². The molecule has 0 saturated heterocycles. The molecule has 0 aliphatic carbocycles. The van der Waals surface area contributed by atoms with E-state index in [1.807, 2.05) is 0 Å². The largest absolute Gasteiger partial charge is 0.481 e. The lowest BCUT2D eigenvalue weighted by Gasteiger charge is -2.07. The zero-order valence-electron chi connectivity index (χ0n) is 9.35. The second-order valence-electron chi connectivity index (χ2n) is 3.53. The first-order valence-corrected chi connectivity index (χ1v) is 5.15. The summed E-state index contributed by atoms with van der Waals surface area (Å²) in [5, 5.41) is 9.00. The van der Waals surface area contributed by atoms with E-state index in [0.29, 0.717) is 17.0 Å². The summed E-state index contributed by atoms with van der Waals surface area (Å²) in [5.41, 5.74) is 1.35. The van der Waals surface area contributed by atoms with Gasteiger partial charge in [-0.15, -0.1) is 0 Å². The van der Waals surface area contributed by atoms with E-state index < -0.39 is 5.82 Å². The van der Waals surface area contributed by atoms with E-state index in [4.69, 9.17) is 9.84 Å². The predicted molar refractivity (Wildman–Crippen MR) is 62.1 cm³/mol. The molecule has 1 N–H and O–H groups in total. The van der Waals surface area contributed by atoms with Crippen LogP contribution < -0.4 is 4.74 Å². The maximum atomic E-state index is 13.9. The summed E-state index contributed by atoms with van der Waals surface area (Å²) in [6.07, 6.45) is 1.54. The van der Waals surface area contributed by atoms with E-state index in [-0.39, 0.29) is 12.2 Å². The van der Waals surface area contributed by atoms with Crippen LogP contribution in [0.25, 0.3) is 11.1 Å². The van der Waals surface area contributed by atoms with Crippen molar-refractivity contribution in [1.82, 2.24) is 4.98 Å². The van der Waals surface area contributed by atoms with Crippen LogP contribution in [0.3, 0.4) is 0 Å². The van der Waals surface area contributed by atoms with Gasteiger partial charge in [0.05, 0.1) is 13.7 Å². The number of hydrogen-bond acceptors (Lipinski definition) is 3. The third-order valence-corrected chi connectivity index (χ3v) is 2.51. The van der Waals surface area contributed by atoms with Crippen LogP contribution in [-0.4, -0.2) is 17.2 Å². The first kappa shape index (κ1) is 11.5. The number of methoxy groups -OCH3 is 1. The smallest absolute Gasteiger partial charge is 0.212 e. The van der Waals surface area contributed by atoms with Gasteiger partial charge in [-0.05, 0) is 6.07 Å². The Morgan fingerprint density at radius 2 is 2.12 bits per heavy atom. The molecule has 0 amide bonds. The maximum absolute atomic E-state index is 13.9. The number of ether oxygens (including phenoxy) is 1. The van der Waals surface area contributed by atoms with Gasteiger partial charge >= 0.3 is 0 Å². The summed E-state index contributed by atoms with van der Waals surface area (Å²) in [6.45, 7) is -0.316. The summed E-state index contributed by atoms with van der Waals surface area (Å²) in [7, 11) is 1.52. The standard InChI is InChI=1S/C13H12FNO2/c1-17-12-6-5-9(7-15-12)11-4-2-3-10(8-16)13(11)14/h2-7,16H,8H2,1H3. The van der Waals surface area contributed by atoms with Crippen molar-refractivity contribution in [3.8, 4) is 17.0 Å². The van der Waals surface area contributed by atoms with E-state index >= 15 is 0 Å². The second-order valence-corrected chi connectivity index (χ2v) is 3.53. The molecule has 1 heterocycles. The van der Waals surface area contributed by atoms with Gasteiger partial charge in [-0.25, -0.2) is 9.37 Å². The number of aromatic nitrogens is 1. The average Bonchev–Trinajstić information content (AvgIpc) is 2.39. The van der Waals surface area contributed by atoms with Crippen LogP contribution in [0.5, 0.6) is 5.88 Å². The maximum Gasteiger partial charge on any atom is 0.212 e. The number of aliphatic hydroxyl groups excluding tert-OH is 1. The van der Waals surface area contributed by atoms with Crippen LogP contribution in [0.15, 0.2) is 36.5 Å². The second kappa shape index (κ2) is 4.93. The number of nitrogens with zero attached hydrogens (tertiary/aromatic N) is 1. The monoisotopic (exact) mass is 233 g/mol. The Bertz CT molecular complexity index is 511. The molecule has 0 radical (unpaired) electrons. The third kappa shape index (κ3) is 2.26. The number of aliphatic hydroxyl groups is 1. The fourth-order valence-corrected chi connectivity index (χ4v) is 1.59. The summed E-state index contributed by atoms with van der Waals surface area (Å²) in [5.74, 6) is 0.0643. The number of rotatable bonds is 3. The lowest BCUT2D eigenvalue weighted by molar-refractivity contribution is 0.276. The van der Waals surface area contributed by atoms with Crippen LogP contribution in [0.2, 0.25) is 0 Å². The molecule has 0 unspecified atom stereocenters. The first-order chi connectivity index (χ1) is 8.26. The number of halogens is 1. The van der Waals surface area contributed by atoms with Crippen LogP contribution in [-0.2, 0) is 6.61 Å². The molecule has 0 aliphatic heterocycles. The minimum Gasteiger partial charge on any atom is -0.481 e. The summed E-state index contributed by atoms with van der Waals surface area (Å²) in [6, 6.07) is 8.30. The molecule has 3 nitrogen and oxygen atoms in total. The van der Waals surface area contributed by atoms with Gasteiger partial charge in [0.1, 0.15) is 5.82 Å². The molecule has 1 aromatic carbocycles. The van der Waals surface area contributed by atoms with Crippen LogP contribution in [0, 0.1) is 5.82 Å². The van der Waals surface area contributed by atoms with Gasteiger partial charge in [0.2, 0.25) is 5.88 Å². The highest BCUT2D eigenvalue weighted by Gasteiger charge is 2.09. The Labute approximate surface area is 98.5 Å². The number of hydrogen-bond donors (Lipinski definition) is 1. The molecule has 0 bridgehead atoms. The zero-order chi connectivity index (χ0) is 12.3. The average molecular weight is 233 g/mol. The molecule has 4 heteroatoms. The van der Waals surface area contributed by atoms with Crippen molar-refractivity contribution in [2.24, 2.45) is 0 Å². The molecule has 1 aromatic heterocycles. The Hall–Kier alpha value is -1.94. The fraction of sp³-hybridized carbons (Fsp3) is 0.154. The quantitative estimate of drug-likeness (QED) is 0.885. The lowest BCUT2D eigenvalue weighted by Crippen LogP contribution is -1.94. The SMILES string of the molecule is COc1ccc(-c2cccc(CO)c2F)cn1. The van der Waals surface area contributed by atoms with Crippen LogP contribution >= 0.6 is 0 Å². The molecule has 0 atom stereocenters. The van der Waals surface area contributed by atoms with E-state index in [1.165, 1.54) is 7.11 Å². The van der Waals surface area contributed by atoms with E-state index in [2.05, 4.69) is 4.98 Å². The van der Waals surface area contributed by atoms with Crippen molar-refractivity contribution in [2.45, 2.75) is 6.61 Å². The zero-order valence-corrected chi connectivity index (χ0v) is 9.35. The molecule has 0 fully saturated rings. The molecular weight excluding hydrogens is 221 g/mol. The van der Waals surface area contributed by atoms with E-state index in [1.54, 1.807) is 36.5 Å². The molecule has 2 rings (SSSR count). The van der Waals surface area contributed by atoms with Gasteiger partial charge in [-0.3, -0.25) is 0 Å².